The maximum absolute atomic E-state index is 13.4. The molecule has 4 heteroatoms. The molecule has 0 bridgehead atoms. The van der Waals surface area contributed by atoms with Crippen molar-refractivity contribution in [3.8, 4) is 0 Å². The Labute approximate surface area is 113 Å². The molecule has 0 radical (unpaired) electrons. The molecule has 1 aromatic rings. The van der Waals surface area contributed by atoms with Crippen LogP contribution < -0.4 is 11.1 Å². The lowest BCUT2D eigenvalue weighted by Gasteiger charge is -2.36. The third-order valence-electron chi connectivity index (χ3n) is 4.11. The van der Waals surface area contributed by atoms with Crippen LogP contribution in [0.2, 0.25) is 0 Å². The zero-order chi connectivity index (χ0) is 14.0. The van der Waals surface area contributed by atoms with Crippen LogP contribution in [0.1, 0.15) is 43.5 Å². The lowest BCUT2D eigenvalue weighted by atomic mass is 9.78. The first kappa shape index (κ1) is 13.8. The number of carbonyl (C=O) groups excluding carboxylic acids is 1. The number of primary amides is 1. The highest BCUT2D eigenvalue weighted by atomic mass is 19.1. The molecule has 1 fully saturated rings. The Balaban J connectivity index is 2.18. The highest BCUT2D eigenvalue weighted by Crippen LogP contribution is 2.31. The van der Waals surface area contributed by atoms with Crippen molar-refractivity contribution in [2.24, 2.45) is 17.6 Å². The molecule has 3 N–H and O–H groups in total. The molecule has 19 heavy (non-hydrogen) atoms. The molecule has 1 saturated carbocycles. The van der Waals surface area contributed by atoms with Gasteiger partial charge in [-0.15, -0.1) is 0 Å². The quantitative estimate of drug-likeness (QED) is 0.881. The zero-order valence-electron chi connectivity index (χ0n) is 11.4. The van der Waals surface area contributed by atoms with Gasteiger partial charge in [0.2, 0.25) is 0 Å². The molecule has 0 heterocycles. The average molecular weight is 264 g/mol. The van der Waals surface area contributed by atoms with Crippen molar-refractivity contribution in [2.45, 2.75) is 39.2 Å². The third kappa shape index (κ3) is 3.06. The predicted molar refractivity (Wildman–Crippen MR) is 74.5 cm³/mol. The molecule has 2 atom stereocenters. The minimum absolute atomic E-state index is 0.0545. The van der Waals surface area contributed by atoms with Crippen LogP contribution >= 0.6 is 0 Å². The van der Waals surface area contributed by atoms with Crippen LogP contribution in [0.25, 0.3) is 0 Å². The molecule has 3 nitrogen and oxygen atoms in total. The van der Waals surface area contributed by atoms with Gasteiger partial charge in [0.1, 0.15) is 5.82 Å². The highest BCUT2D eigenvalue weighted by molar-refractivity contribution is 5.94. The maximum atomic E-state index is 13.4. The largest absolute Gasteiger partial charge is 0.382 e. The second-order valence-electron chi connectivity index (χ2n) is 5.61. The number of hydrogen-bond donors (Lipinski definition) is 2. The van der Waals surface area contributed by atoms with Gasteiger partial charge in [0.15, 0.2) is 0 Å². The lowest BCUT2D eigenvalue weighted by Crippen LogP contribution is -2.37. The van der Waals surface area contributed by atoms with E-state index in [1.807, 2.05) is 0 Å². The summed E-state index contributed by atoms with van der Waals surface area (Å²) in [6.07, 6.45) is 3.66. The van der Waals surface area contributed by atoms with Gasteiger partial charge in [0.05, 0.1) is 5.56 Å². The molecule has 0 saturated heterocycles. The fourth-order valence-corrected chi connectivity index (χ4v) is 2.96. The van der Waals surface area contributed by atoms with Crippen molar-refractivity contribution >= 4 is 11.6 Å². The Morgan fingerprint density at radius 3 is 2.53 bits per heavy atom. The summed E-state index contributed by atoms with van der Waals surface area (Å²) >= 11 is 0. The minimum Gasteiger partial charge on any atom is -0.382 e. The SMILES string of the molecule is CC1CCCC(C)C1Nc1ccc(F)c(C(N)=O)c1. The van der Waals surface area contributed by atoms with Gasteiger partial charge in [-0.1, -0.05) is 20.3 Å². The Morgan fingerprint density at radius 2 is 1.95 bits per heavy atom. The van der Waals surface area contributed by atoms with Gasteiger partial charge in [-0.25, -0.2) is 4.39 Å². The van der Waals surface area contributed by atoms with Gasteiger partial charge in [0, 0.05) is 11.7 Å². The Morgan fingerprint density at radius 1 is 1.32 bits per heavy atom. The first-order chi connectivity index (χ1) is 8.99. The smallest absolute Gasteiger partial charge is 0.251 e. The maximum Gasteiger partial charge on any atom is 0.251 e. The zero-order valence-corrected chi connectivity index (χ0v) is 11.4. The Hall–Kier alpha value is -1.58. The highest BCUT2D eigenvalue weighted by Gasteiger charge is 2.27. The van der Waals surface area contributed by atoms with E-state index < -0.39 is 11.7 Å². The topological polar surface area (TPSA) is 55.1 Å². The van der Waals surface area contributed by atoms with Gasteiger partial charge in [-0.3, -0.25) is 4.79 Å². The number of hydrogen-bond acceptors (Lipinski definition) is 2. The second kappa shape index (κ2) is 5.59. The number of carbonyl (C=O) groups is 1. The van der Waals surface area contributed by atoms with E-state index in [1.165, 1.54) is 31.4 Å². The molecule has 0 aliphatic heterocycles. The molecular weight excluding hydrogens is 243 g/mol. The average Bonchev–Trinajstić information content (AvgIpc) is 2.35. The van der Waals surface area contributed by atoms with Crippen LogP contribution in [-0.4, -0.2) is 11.9 Å². The van der Waals surface area contributed by atoms with Crippen molar-refractivity contribution in [3.63, 3.8) is 0 Å². The van der Waals surface area contributed by atoms with E-state index in [2.05, 4.69) is 19.2 Å². The fourth-order valence-electron chi connectivity index (χ4n) is 2.96. The summed E-state index contributed by atoms with van der Waals surface area (Å²) in [6.45, 7) is 4.46. The lowest BCUT2D eigenvalue weighted by molar-refractivity contribution is 0.0996. The van der Waals surface area contributed by atoms with E-state index >= 15 is 0 Å². The summed E-state index contributed by atoms with van der Waals surface area (Å²) in [5.41, 5.74) is 5.87. The van der Waals surface area contributed by atoms with Crippen LogP contribution in [-0.2, 0) is 0 Å². The predicted octanol–water partition coefficient (Wildman–Crippen LogP) is 3.16. The van der Waals surface area contributed by atoms with E-state index in [0.717, 1.165) is 5.69 Å². The fraction of sp³-hybridized carbons (Fsp3) is 0.533. The van der Waals surface area contributed by atoms with Crippen molar-refractivity contribution < 1.29 is 9.18 Å². The molecule has 1 aliphatic rings. The molecule has 0 spiro atoms. The summed E-state index contributed by atoms with van der Waals surface area (Å²) < 4.78 is 13.4. The molecule has 1 aliphatic carbocycles. The van der Waals surface area contributed by atoms with E-state index in [4.69, 9.17) is 5.73 Å². The third-order valence-corrected chi connectivity index (χ3v) is 4.11. The molecule has 2 rings (SSSR count). The second-order valence-corrected chi connectivity index (χ2v) is 5.61. The first-order valence-electron chi connectivity index (χ1n) is 6.85. The first-order valence-corrected chi connectivity index (χ1v) is 6.85. The number of nitrogens with one attached hydrogen (secondary N) is 1. The Bertz CT molecular complexity index is 465. The van der Waals surface area contributed by atoms with Crippen molar-refractivity contribution in [2.75, 3.05) is 5.32 Å². The van der Waals surface area contributed by atoms with Crippen LogP contribution in [0.4, 0.5) is 10.1 Å². The summed E-state index contributed by atoms with van der Waals surface area (Å²) in [5, 5.41) is 3.43. The van der Waals surface area contributed by atoms with Gasteiger partial charge < -0.3 is 11.1 Å². The van der Waals surface area contributed by atoms with Gasteiger partial charge >= 0.3 is 0 Å². The Kier molecular flexibility index (Phi) is 4.08. The van der Waals surface area contributed by atoms with Gasteiger partial charge in [-0.2, -0.15) is 0 Å². The summed E-state index contributed by atoms with van der Waals surface area (Å²) in [6, 6.07) is 4.82. The van der Waals surface area contributed by atoms with Crippen LogP contribution in [0.3, 0.4) is 0 Å². The number of halogens is 1. The van der Waals surface area contributed by atoms with Gasteiger partial charge in [0.25, 0.3) is 5.91 Å². The number of anilines is 1. The summed E-state index contributed by atoms with van der Waals surface area (Å²) in [4.78, 5) is 11.1. The standard InChI is InChI=1S/C15H21FN2O/c1-9-4-3-5-10(2)14(9)18-11-6-7-13(16)12(8-11)15(17)19/h6-10,14,18H,3-5H2,1-2H3,(H2,17,19). The number of rotatable bonds is 3. The molecule has 1 aromatic carbocycles. The molecule has 1 amide bonds. The monoisotopic (exact) mass is 264 g/mol. The molecule has 104 valence electrons. The number of benzene rings is 1. The minimum atomic E-state index is -0.731. The van der Waals surface area contributed by atoms with Crippen molar-refractivity contribution in [3.05, 3.63) is 29.6 Å². The van der Waals surface area contributed by atoms with Crippen LogP contribution in [0.5, 0.6) is 0 Å². The molecule has 2 unspecified atom stereocenters. The molecule has 0 aromatic heterocycles. The van der Waals surface area contributed by atoms with Gasteiger partial charge in [-0.05, 0) is 42.9 Å². The molecular formula is C15H21FN2O. The van der Waals surface area contributed by atoms with E-state index in [9.17, 15) is 9.18 Å². The summed E-state index contributed by atoms with van der Waals surface area (Å²) in [7, 11) is 0. The van der Waals surface area contributed by atoms with Crippen molar-refractivity contribution in [1.29, 1.82) is 0 Å². The van der Waals surface area contributed by atoms with Crippen molar-refractivity contribution in [1.82, 2.24) is 0 Å². The number of nitrogens with two attached hydrogens (primary N) is 1. The van der Waals surface area contributed by atoms with E-state index in [-0.39, 0.29) is 5.56 Å². The summed E-state index contributed by atoms with van der Waals surface area (Å²) in [5.74, 6) is -0.148. The normalized spacial score (nSPS) is 27.0. The van der Waals surface area contributed by atoms with E-state index in [1.54, 1.807) is 6.07 Å². The van der Waals surface area contributed by atoms with E-state index in [0.29, 0.717) is 17.9 Å². The number of amides is 1. The van der Waals surface area contributed by atoms with Crippen LogP contribution in [0.15, 0.2) is 18.2 Å². The van der Waals surface area contributed by atoms with Crippen LogP contribution in [0, 0.1) is 17.7 Å².